The Morgan fingerprint density at radius 3 is 2.53 bits per heavy atom. The maximum atomic E-state index is 4.67. The normalized spacial score (nSPS) is 15.8. The fourth-order valence-electron chi connectivity index (χ4n) is 1.98. The second-order valence-corrected chi connectivity index (χ2v) is 5.21. The van der Waals surface area contributed by atoms with Crippen LogP contribution in [0, 0.1) is 0 Å². The number of aliphatic imine (C=N–C) groups is 1. The highest BCUT2D eigenvalue weighted by Gasteiger charge is 2.16. The number of nitrogens with zero attached hydrogens (tertiary/aromatic N) is 1. The van der Waals surface area contributed by atoms with Gasteiger partial charge >= 0.3 is 0 Å². The van der Waals surface area contributed by atoms with Gasteiger partial charge in [-0.3, -0.25) is 0 Å². The van der Waals surface area contributed by atoms with E-state index in [9.17, 15) is 0 Å². The lowest BCUT2D eigenvalue weighted by Crippen LogP contribution is -2.10. The molecule has 0 bridgehead atoms. The number of hydrogen-bond acceptors (Lipinski definition) is 3. The maximum absolute atomic E-state index is 4.67. The Morgan fingerprint density at radius 1 is 1.00 bits per heavy atom. The first-order valence-electron chi connectivity index (χ1n) is 6.21. The van der Waals surface area contributed by atoms with E-state index in [0.29, 0.717) is 0 Å². The third-order valence-corrected chi connectivity index (χ3v) is 3.95. The lowest BCUT2D eigenvalue weighted by molar-refractivity contribution is 1.48. The van der Waals surface area contributed by atoms with Crippen molar-refractivity contribution in [1.82, 2.24) is 0 Å². The van der Waals surface area contributed by atoms with E-state index >= 15 is 0 Å². The zero-order chi connectivity index (χ0) is 13.1. The summed E-state index contributed by atoms with van der Waals surface area (Å²) in [5.41, 5.74) is 3.28. The topological polar surface area (TPSA) is 24.4 Å². The van der Waals surface area contributed by atoms with E-state index in [-0.39, 0.29) is 0 Å². The van der Waals surface area contributed by atoms with Gasteiger partial charge in [0.15, 0.2) is 5.17 Å². The van der Waals surface area contributed by atoms with Gasteiger partial charge in [0.05, 0.1) is 5.69 Å². The maximum Gasteiger partial charge on any atom is 0.171 e. The van der Waals surface area contributed by atoms with Crippen molar-refractivity contribution >= 4 is 33.2 Å². The molecule has 1 N–H and O–H groups in total. The lowest BCUT2D eigenvalue weighted by Gasteiger charge is -2.18. The van der Waals surface area contributed by atoms with Crippen LogP contribution in [-0.2, 0) is 0 Å². The molecule has 1 heterocycles. The summed E-state index contributed by atoms with van der Waals surface area (Å²) in [4.78, 5) is 5.91. The summed E-state index contributed by atoms with van der Waals surface area (Å²) in [5.74, 6) is 0. The molecule has 2 aromatic rings. The van der Waals surface area contributed by atoms with Gasteiger partial charge in [0.25, 0.3) is 0 Å². The zero-order valence-electron chi connectivity index (χ0n) is 10.6. The third-order valence-electron chi connectivity index (χ3n) is 2.89. The smallest absolute Gasteiger partial charge is 0.171 e. The van der Waals surface area contributed by atoms with Crippen LogP contribution in [0.25, 0.3) is 4.91 Å². The van der Waals surface area contributed by atoms with Crippen molar-refractivity contribution in [1.29, 1.82) is 0 Å². The van der Waals surface area contributed by atoms with Gasteiger partial charge in [0, 0.05) is 16.2 Å². The number of rotatable bonds is 1. The molecule has 0 saturated heterocycles. The van der Waals surface area contributed by atoms with Crippen LogP contribution in [0.5, 0.6) is 0 Å². The number of nitrogens with one attached hydrogen (secondary N) is 1. The van der Waals surface area contributed by atoms with Crippen molar-refractivity contribution in [3.63, 3.8) is 0 Å². The number of para-hydroxylation sites is 2. The van der Waals surface area contributed by atoms with Crippen LogP contribution < -0.4 is 5.32 Å². The molecule has 94 valence electrons. The standard InChI is InChI=1S/C16H14N2S/c1-2-15-13-10-6-7-11-14(13)18-16(19-15)17-12-8-4-3-5-9-12/h2-11H,1H3,(H,17,18)/b15-2-. The minimum Gasteiger partial charge on any atom is -0.334 e. The Kier molecular flexibility index (Phi) is 3.38. The first-order valence-corrected chi connectivity index (χ1v) is 7.03. The second-order valence-electron chi connectivity index (χ2n) is 4.18. The summed E-state index contributed by atoms with van der Waals surface area (Å²) < 4.78 is 0. The molecular formula is C16H14N2S. The van der Waals surface area contributed by atoms with Crippen LogP contribution in [0.3, 0.4) is 0 Å². The van der Waals surface area contributed by atoms with Crippen molar-refractivity contribution in [3.05, 3.63) is 66.2 Å². The van der Waals surface area contributed by atoms with Crippen LogP contribution in [0.15, 0.2) is 65.7 Å². The molecule has 0 aliphatic carbocycles. The molecule has 0 radical (unpaired) electrons. The second kappa shape index (κ2) is 5.33. The number of amidine groups is 1. The summed E-state index contributed by atoms with van der Waals surface area (Å²) in [7, 11) is 0. The van der Waals surface area contributed by atoms with E-state index in [0.717, 1.165) is 16.5 Å². The van der Waals surface area contributed by atoms with Crippen LogP contribution >= 0.6 is 11.8 Å². The van der Waals surface area contributed by atoms with Gasteiger partial charge in [-0.25, -0.2) is 4.99 Å². The Bertz CT molecular complexity index is 645. The fourth-order valence-corrected chi connectivity index (χ4v) is 2.91. The van der Waals surface area contributed by atoms with E-state index in [1.165, 1.54) is 10.5 Å². The van der Waals surface area contributed by atoms with Crippen LogP contribution in [0.4, 0.5) is 11.4 Å². The van der Waals surface area contributed by atoms with Gasteiger partial charge in [-0.2, -0.15) is 0 Å². The molecule has 1 aliphatic rings. The average molecular weight is 266 g/mol. The van der Waals surface area contributed by atoms with E-state index in [2.05, 4.69) is 29.4 Å². The van der Waals surface area contributed by atoms with Gasteiger partial charge in [0.1, 0.15) is 0 Å². The zero-order valence-corrected chi connectivity index (χ0v) is 11.4. The number of fused-ring (bicyclic) bond motifs is 1. The summed E-state index contributed by atoms with van der Waals surface area (Å²) in [5, 5.41) is 4.27. The SMILES string of the molecule is C/C=C1\SC(Nc2ccccc2)=Nc2ccccc21. The first kappa shape index (κ1) is 12.1. The third kappa shape index (κ3) is 2.56. The first-order chi connectivity index (χ1) is 9.36. The summed E-state index contributed by atoms with van der Waals surface area (Å²) in [6.07, 6.45) is 2.13. The van der Waals surface area contributed by atoms with Crippen molar-refractivity contribution < 1.29 is 0 Å². The molecule has 3 heteroatoms. The predicted octanol–water partition coefficient (Wildman–Crippen LogP) is 4.89. The number of hydrogen-bond donors (Lipinski definition) is 1. The lowest BCUT2D eigenvalue weighted by atomic mass is 10.1. The highest BCUT2D eigenvalue weighted by Crippen LogP contribution is 2.40. The van der Waals surface area contributed by atoms with Crippen molar-refractivity contribution in [3.8, 4) is 0 Å². The number of benzene rings is 2. The summed E-state index contributed by atoms with van der Waals surface area (Å²) in [6, 6.07) is 18.3. The molecule has 0 unspecified atom stereocenters. The number of allylic oxidation sites excluding steroid dienone is 1. The highest BCUT2D eigenvalue weighted by atomic mass is 32.2. The molecule has 3 rings (SSSR count). The van der Waals surface area contributed by atoms with Crippen molar-refractivity contribution in [2.24, 2.45) is 4.99 Å². The van der Waals surface area contributed by atoms with Gasteiger partial charge < -0.3 is 5.32 Å². The Labute approximate surface area is 117 Å². The monoisotopic (exact) mass is 266 g/mol. The molecule has 0 fully saturated rings. The average Bonchev–Trinajstić information content (AvgIpc) is 2.47. The van der Waals surface area contributed by atoms with Gasteiger partial charge in [0.2, 0.25) is 0 Å². The molecular weight excluding hydrogens is 252 g/mol. The largest absolute Gasteiger partial charge is 0.334 e. The molecule has 0 amide bonds. The molecule has 0 spiro atoms. The minimum atomic E-state index is 0.915. The van der Waals surface area contributed by atoms with Crippen molar-refractivity contribution in [2.45, 2.75) is 6.92 Å². The Hall–Kier alpha value is -2.00. The van der Waals surface area contributed by atoms with E-state index < -0.39 is 0 Å². The molecule has 0 aromatic heterocycles. The van der Waals surface area contributed by atoms with Crippen molar-refractivity contribution in [2.75, 3.05) is 5.32 Å². The molecule has 2 aromatic carbocycles. The van der Waals surface area contributed by atoms with Crippen LogP contribution in [-0.4, -0.2) is 5.17 Å². The van der Waals surface area contributed by atoms with Crippen LogP contribution in [0.1, 0.15) is 12.5 Å². The quantitative estimate of drug-likeness (QED) is 0.794. The van der Waals surface area contributed by atoms with Crippen LogP contribution in [0.2, 0.25) is 0 Å². The highest BCUT2D eigenvalue weighted by molar-refractivity contribution is 8.22. The summed E-state index contributed by atoms with van der Waals surface area (Å²) in [6.45, 7) is 2.06. The summed E-state index contributed by atoms with van der Waals surface area (Å²) >= 11 is 1.67. The Balaban J connectivity index is 1.95. The van der Waals surface area contributed by atoms with E-state index in [4.69, 9.17) is 0 Å². The minimum absolute atomic E-state index is 0.915. The van der Waals surface area contributed by atoms with Gasteiger partial charge in [-0.05, 0) is 25.1 Å². The Morgan fingerprint density at radius 2 is 1.74 bits per heavy atom. The molecule has 2 nitrogen and oxygen atoms in total. The fraction of sp³-hybridized carbons (Fsp3) is 0.0625. The van der Waals surface area contributed by atoms with E-state index in [1.54, 1.807) is 11.8 Å². The van der Waals surface area contributed by atoms with Gasteiger partial charge in [-0.15, -0.1) is 0 Å². The molecule has 0 saturated carbocycles. The number of thioether (sulfide) groups is 1. The molecule has 0 atom stereocenters. The molecule has 1 aliphatic heterocycles. The molecule has 19 heavy (non-hydrogen) atoms. The predicted molar refractivity (Wildman–Crippen MR) is 84.8 cm³/mol. The number of anilines is 1. The van der Waals surface area contributed by atoms with E-state index in [1.807, 2.05) is 48.5 Å². The van der Waals surface area contributed by atoms with Gasteiger partial charge in [-0.1, -0.05) is 54.2 Å².